The first kappa shape index (κ1) is 13.0. The first-order valence-electron chi connectivity index (χ1n) is 5.33. The summed E-state index contributed by atoms with van der Waals surface area (Å²) >= 11 is 0. The molecular formula is C11H21N3. The molecule has 0 heterocycles. The summed E-state index contributed by atoms with van der Waals surface area (Å²) in [5, 5.41) is 9.02. The monoisotopic (exact) mass is 195 g/mol. The molecule has 0 aliphatic heterocycles. The summed E-state index contributed by atoms with van der Waals surface area (Å²) in [4.78, 5) is 4.25. The maximum atomic E-state index is 9.02. The topological polar surface area (TPSA) is 62.2 Å². The van der Waals surface area contributed by atoms with Crippen molar-refractivity contribution in [2.75, 3.05) is 0 Å². The molecule has 3 heteroatoms. The lowest BCUT2D eigenvalue weighted by molar-refractivity contribution is 0.507. The van der Waals surface area contributed by atoms with Gasteiger partial charge in [0.1, 0.15) is 5.54 Å². The van der Waals surface area contributed by atoms with Crippen LogP contribution in [0, 0.1) is 11.3 Å². The average molecular weight is 195 g/mol. The van der Waals surface area contributed by atoms with E-state index in [2.05, 4.69) is 18.0 Å². The number of unbranched alkanes of at least 4 members (excludes halogenated alkanes) is 2. The minimum absolute atomic E-state index is 0.575. The average Bonchev–Trinajstić information content (AvgIpc) is 2.18. The van der Waals surface area contributed by atoms with E-state index in [4.69, 9.17) is 11.0 Å². The Kier molecular flexibility index (Phi) is 5.94. The molecule has 0 saturated heterocycles. The Morgan fingerprint density at radius 1 is 1.43 bits per heavy atom. The van der Waals surface area contributed by atoms with Crippen molar-refractivity contribution in [1.82, 2.24) is 0 Å². The van der Waals surface area contributed by atoms with Gasteiger partial charge in [-0.3, -0.25) is 4.99 Å². The maximum absolute atomic E-state index is 9.02. The van der Waals surface area contributed by atoms with Crippen LogP contribution in [0.3, 0.4) is 0 Å². The van der Waals surface area contributed by atoms with Crippen LogP contribution >= 0.6 is 0 Å². The van der Waals surface area contributed by atoms with Crippen LogP contribution in [-0.4, -0.2) is 11.4 Å². The Labute approximate surface area is 87.0 Å². The third-order valence-electron chi connectivity index (χ3n) is 2.26. The zero-order valence-electron chi connectivity index (χ0n) is 9.51. The van der Waals surface area contributed by atoms with Crippen molar-refractivity contribution >= 4 is 5.84 Å². The van der Waals surface area contributed by atoms with Gasteiger partial charge in [0.05, 0.1) is 11.9 Å². The largest absolute Gasteiger partial charge is 0.387 e. The fraction of sp³-hybridized carbons (Fsp3) is 0.818. The second-order valence-electron chi connectivity index (χ2n) is 3.80. The van der Waals surface area contributed by atoms with Crippen LogP contribution in [-0.2, 0) is 0 Å². The Morgan fingerprint density at radius 2 is 2.07 bits per heavy atom. The van der Waals surface area contributed by atoms with Crippen LogP contribution < -0.4 is 5.73 Å². The molecule has 14 heavy (non-hydrogen) atoms. The molecule has 0 rings (SSSR count). The second-order valence-corrected chi connectivity index (χ2v) is 3.80. The van der Waals surface area contributed by atoms with Crippen molar-refractivity contribution < 1.29 is 0 Å². The molecule has 0 aliphatic carbocycles. The van der Waals surface area contributed by atoms with Gasteiger partial charge in [0.15, 0.2) is 0 Å². The maximum Gasteiger partial charge on any atom is 0.146 e. The number of hydrogen-bond donors (Lipinski definition) is 1. The third-order valence-corrected chi connectivity index (χ3v) is 2.26. The van der Waals surface area contributed by atoms with E-state index in [0.29, 0.717) is 12.3 Å². The van der Waals surface area contributed by atoms with Gasteiger partial charge in [-0.15, -0.1) is 0 Å². The highest BCUT2D eigenvalue weighted by Gasteiger charge is 2.21. The van der Waals surface area contributed by atoms with Gasteiger partial charge < -0.3 is 5.73 Å². The summed E-state index contributed by atoms with van der Waals surface area (Å²) in [6.07, 6.45) is 4.87. The van der Waals surface area contributed by atoms with E-state index < -0.39 is 5.54 Å². The van der Waals surface area contributed by atoms with Gasteiger partial charge in [-0.25, -0.2) is 0 Å². The Balaban J connectivity index is 4.27. The number of hydrogen-bond acceptors (Lipinski definition) is 2. The number of nitrogens with zero attached hydrogens (tertiary/aromatic N) is 2. The predicted molar refractivity (Wildman–Crippen MR) is 60.1 cm³/mol. The summed E-state index contributed by atoms with van der Waals surface area (Å²) in [6, 6.07) is 2.24. The molecule has 2 N–H and O–H groups in total. The van der Waals surface area contributed by atoms with Crippen LogP contribution in [0.2, 0.25) is 0 Å². The van der Waals surface area contributed by atoms with E-state index >= 15 is 0 Å². The lowest BCUT2D eigenvalue weighted by Crippen LogP contribution is -2.24. The second kappa shape index (κ2) is 6.42. The van der Waals surface area contributed by atoms with E-state index in [1.54, 1.807) is 0 Å². The zero-order chi connectivity index (χ0) is 11.0. The van der Waals surface area contributed by atoms with Crippen LogP contribution in [0.5, 0.6) is 0 Å². The van der Waals surface area contributed by atoms with Crippen LogP contribution in [0.1, 0.15) is 52.9 Å². The standard InChI is InChI=1S/C11H21N3/c1-4-6-7-8-11(3,9-12)14-10(13)5-2/h4-8H2,1-3H3,(H2,13,14). The molecule has 0 fully saturated rings. The Hall–Kier alpha value is -1.04. The van der Waals surface area contributed by atoms with Crippen molar-refractivity contribution in [3.63, 3.8) is 0 Å². The normalized spacial score (nSPS) is 16.0. The first-order chi connectivity index (χ1) is 6.58. The molecule has 80 valence electrons. The van der Waals surface area contributed by atoms with E-state index in [0.717, 1.165) is 25.7 Å². The molecule has 1 unspecified atom stereocenters. The number of amidine groups is 1. The van der Waals surface area contributed by atoms with Crippen molar-refractivity contribution in [2.45, 2.75) is 58.4 Å². The molecule has 0 saturated carbocycles. The lowest BCUT2D eigenvalue weighted by atomic mass is 9.97. The first-order valence-corrected chi connectivity index (χ1v) is 5.33. The van der Waals surface area contributed by atoms with E-state index in [1.165, 1.54) is 0 Å². The minimum Gasteiger partial charge on any atom is -0.387 e. The molecule has 0 aliphatic rings. The fourth-order valence-corrected chi connectivity index (χ4v) is 1.25. The quantitative estimate of drug-likeness (QED) is 0.402. The molecule has 0 aromatic carbocycles. The fourth-order valence-electron chi connectivity index (χ4n) is 1.25. The molecule has 0 radical (unpaired) electrons. The molecule has 0 aromatic heterocycles. The summed E-state index contributed by atoms with van der Waals surface area (Å²) in [5.41, 5.74) is 5.02. The molecule has 0 amide bonds. The van der Waals surface area contributed by atoms with Gasteiger partial charge in [-0.2, -0.15) is 5.26 Å². The van der Waals surface area contributed by atoms with Crippen molar-refractivity contribution in [1.29, 1.82) is 5.26 Å². The lowest BCUT2D eigenvalue weighted by Gasteiger charge is -2.17. The van der Waals surface area contributed by atoms with Crippen molar-refractivity contribution in [3.05, 3.63) is 0 Å². The molecular weight excluding hydrogens is 174 g/mol. The van der Waals surface area contributed by atoms with Crippen molar-refractivity contribution in [3.8, 4) is 6.07 Å². The highest BCUT2D eigenvalue weighted by molar-refractivity contribution is 5.80. The van der Waals surface area contributed by atoms with Gasteiger partial charge in [0.2, 0.25) is 0 Å². The molecule has 3 nitrogen and oxygen atoms in total. The van der Waals surface area contributed by atoms with Gasteiger partial charge in [-0.05, 0) is 19.8 Å². The SMILES string of the molecule is CCCCCC(C)(C#N)N=C(N)CC. The van der Waals surface area contributed by atoms with Crippen LogP contribution in [0.4, 0.5) is 0 Å². The number of rotatable bonds is 6. The number of aliphatic imine (C=N–C) groups is 1. The van der Waals surface area contributed by atoms with Crippen molar-refractivity contribution in [2.24, 2.45) is 10.7 Å². The summed E-state index contributed by atoms with van der Waals surface area (Å²) in [5.74, 6) is 0.575. The van der Waals surface area contributed by atoms with Gasteiger partial charge in [0.25, 0.3) is 0 Å². The molecule has 0 aromatic rings. The highest BCUT2D eigenvalue weighted by Crippen LogP contribution is 2.18. The van der Waals surface area contributed by atoms with Crippen LogP contribution in [0.25, 0.3) is 0 Å². The number of nitriles is 1. The van der Waals surface area contributed by atoms with Gasteiger partial charge in [0, 0.05) is 6.42 Å². The smallest absolute Gasteiger partial charge is 0.146 e. The minimum atomic E-state index is -0.616. The third kappa shape index (κ3) is 4.86. The van der Waals surface area contributed by atoms with Gasteiger partial charge in [-0.1, -0.05) is 26.7 Å². The number of nitrogens with two attached hydrogens (primary N) is 1. The summed E-state index contributed by atoms with van der Waals surface area (Å²) < 4.78 is 0. The zero-order valence-corrected chi connectivity index (χ0v) is 9.51. The van der Waals surface area contributed by atoms with E-state index in [1.807, 2.05) is 13.8 Å². The Morgan fingerprint density at radius 3 is 2.50 bits per heavy atom. The van der Waals surface area contributed by atoms with E-state index in [9.17, 15) is 0 Å². The molecule has 0 bridgehead atoms. The predicted octanol–water partition coefficient (Wildman–Crippen LogP) is 2.62. The highest BCUT2D eigenvalue weighted by atomic mass is 14.9. The molecule has 1 atom stereocenters. The molecule has 0 spiro atoms. The summed E-state index contributed by atoms with van der Waals surface area (Å²) in [7, 11) is 0. The Bertz CT molecular complexity index is 227. The van der Waals surface area contributed by atoms with E-state index in [-0.39, 0.29) is 0 Å². The van der Waals surface area contributed by atoms with Gasteiger partial charge >= 0.3 is 0 Å². The van der Waals surface area contributed by atoms with Crippen LogP contribution in [0.15, 0.2) is 4.99 Å². The summed E-state index contributed by atoms with van der Waals surface area (Å²) in [6.45, 7) is 5.95.